The minimum Gasteiger partial charge on any atom is -0.399 e. The molecular weight excluding hydrogens is 260 g/mol. The van der Waals surface area contributed by atoms with Crippen LogP contribution in [0, 0.1) is 6.92 Å². The zero-order chi connectivity index (χ0) is 12.9. The third kappa shape index (κ3) is 4.84. The molecule has 0 unspecified atom stereocenters. The van der Waals surface area contributed by atoms with Crippen molar-refractivity contribution in [3.8, 4) is 0 Å². The summed E-state index contributed by atoms with van der Waals surface area (Å²) in [5.41, 5.74) is 8.26. The Morgan fingerprint density at radius 2 is 2.18 bits per heavy atom. The molecule has 0 amide bonds. The molecule has 0 bridgehead atoms. The van der Waals surface area contributed by atoms with Crippen LogP contribution in [-0.4, -0.2) is 27.8 Å². The zero-order valence-electron chi connectivity index (χ0n) is 9.76. The maximum absolute atomic E-state index is 11.0. The van der Waals surface area contributed by atoms with E-state index in [1.54, 1.807) is 6.07 Å². The van der Waals surface area contributed by atoms with E-state index in [4.69, 9.17) is 9.92 Å². The highest BCUT2D eigenvalue weighted by molar-refractivity contribution is 8.70. The quantitative estimate of drug-likeness (QED) is 0.467. The highest BCUT2D eigenvalue weighted by atomic mass is 33.1. The van der Waals surface area contributed by atoms with Crippen molar-refractivity contribution < 1.29 is 12.6 Å². The predicted molar refractivity (Wildman–Crippen MR) is 72.5 cm³/mol. The van der Waals surface area contributed by atoms with E-state index >= 15 is 0 Å². The Bertz CT molecular complexity index is 474. The van der Waals surface area contributed by atoms with Crippen LogP contribution in [-0.2, 0) is 13.3 Å². The van der Waals surface area contributed by atoms with E-state index in [1.165, 1.54) is 6.26 Å². The van der Waals surface area contributed by atoms with Crippen molar-refractivity contribution in [2.75, 3.05) is 30.5 Å². The van der Waals surface area contributed by atoms with Gasteiger partial charge in [-0.2, -0.15) is 8.42 Å². The summed E-state index contributed by atoms with van der Waals surface area (Å²) in [6.07, 6.45) is 1.47. The van der Waals surface area contributed by atoms with Crippen molar-refractivity contribution in [2.45, 2.75) is 6.92 Å². The lowest BCUT2D eigenvalue weighted by Gasteiger charge is -2.09. The van der Waals surface area contributed by atoms with Gasteiger partial charge in [0.05, 0.1) is 6.61 Å². The van der Waals surface area contributed by atoms with E-state index in [1.807, 2.05) is 19.1 Å². The summed E-state index contributed by atoms with van der Waals surface area (Å²) in [6.45, 7) is 2.45. The van der Waals surface area contributed by atoms with Crippen LogP contribution < -0.4 is 11.1 Å². The third-order valence-electron chi connectivity index (χ3n) is 2.10. The number of nitrogen functional groups attached to an aromatic ring is 1. The number of nitrogens with one attached hydrogen (secondary N) is 1. The molecule has 0 saturated heterocycles. The second kappa shape index (κ2) is 6.13. The van der Waals surface area contributed by atoms with Crippen molar-refractivity contribution in [3.63, 3.8) is 0 Å². The van der Waals surface area contributed by atoms with Gasteiger partial charge in [0.1, 0.15) is 0 Å². The van der Waals surface area contributed by atoms with Gasteiger partial charge in [0, 0.05) is 17.9 Å². The highest BCUT2D eigenvalue weighted by Crippen LogP contribution is 2.17. The molecule has 3 N–H and O–H groups in total. The average molecular weight is 276 g/mol. The predicted octanol–water partition coefficient (Wildman–Crippen LogP) is 1.61. The molecule has 0 aromatic heterocycles. The van der Waals surface area contributed by atoms with Crippen LogP contribution in [0.1, 0.15) is 5.56 Å². The molecule has 0 aliphatic carbocycles. The van der Waals surface area contributed by atoms with Crippen LogP contribution >= 0.6 is 10.8 Å². The summed E-state index contributed by atoms with van der Waals surface area (Å²) in [5, 5.41) is 3.08. The number of aryl methyl sites for hydroxylation is 1. The number of hydrogen-bond acceptors (Lipinski definition) is 6. The van der Waals surface area contributed by atoms with Gasteiger partial charge in [0.15, 0.2) is 0 Å². The van der Waals surface area contributed by atoms with Crippen LogP contribution in [0.4, 0.5) is 11.4 Å². The topological polar surface area (TPSA) is 81.4 Å². The normalized spacial score (nSPS) is 11.4. The fraction of sp³-hybridized carbons (Fsp3) is 0.400. The molecule has 7 heteroatoms. The van der Waals surface area contributed by atoms with Crippen molar-refractivity contribution >= 4 is 31.3 Å². The molecule has 5 nitrogen and oxygen atoms in total. The second-order valence-electron chi connectivity index (χ2n) is 3.40. The van der Waals surface area contributed by atoms with Gasteiger partial charge in [-0.1, -0.05) is 0 Å². The largest absolute Gasteiger partial charge is 0.399 e. The van der Waals surface area contributed by atoms with Crippen LogP contribution in [0.25, 0.3) is 0 Å². The monoisotopic (exact) mass is 276 g/mol. The van der Waals surface area contributed by atoms with Gasteiger partial charge in [0.25, 0.3) is 0 Å². The van der Waals surface area contributed by atoms with Gasteiger partial charge >= 0.3 is 9.15 Å². The van der Waals surface area contributed by atoms with E-state index < -0.39 is 9.15 Å². The molecule has 17 heavy (non-hydrogen) atoms. The van der Waals surface area contributed by atoms with Gasteiger partial charge in [-0.15, -0.1) is 0 Å². The van der Waals surface area contributed by atoms with E-state index in [2.05, 4.69) is 5.32 Å². The summed E-state index contributed by atoms with van der Waals surface area (Å²) in [5.74, 6) is 0. The molecule has 0 radical (unpaired) electrons. The van der Waals surface area contributed by atoms with Crippen LogP contribution in [0.5, 0.6) is 0 Å². The molecule has 1 aromatic rings. The first-order chi connectivity index (χ1) is 7.94. The number of anilines is 2. The fourth-order valence-corrected chi connectivity index (χ4v) is 2.14. The average Bonchev–Trinajstić information content (AvgIpc) is 2.27. The molecule has 0 fully saturated rings. The smallest absolute Gasteiger partial charge is 0.321 e. The molecular formula is C10H16N2O3S2. The third-order valence-corrected chi connectivity index (χ3v) is 4.48. The first kappa shape index (κ1) is 14.1. The Kier molecular flexibility index (Phi) is 5.10. The molecule has 0 atom stereocenters. The van der Waals surface area contributed by atoms with E-state index in [0.29, 0.717) is 23.0 Å². The lowest BCUT2D eigenvalue weighted by atomic mass is 10.2. The molecule has 96 valence electrons. The maximum Gasteiger partial charge on any atom is 0.321 e. The summed E-state index contributed by atoms with van der Waals surface area (Å²) in [6, 6.07) is 5.49. The van der Waals surface area contributed by atoms with Gasteiger partial charge in [-0.05, 0) is 47.7 Å². The van der Waals surface area contributed by atoms with E-state index in [-0.39, 0.29) is 6.61 Å². The second-order valence-corrected chi connectivity index (χ2v) is 7.01. The number of hydrogen-bond donors (Lipinski definition) is 2. The molecule has 1 rings (SSSR count). The van der Waals surface area contributed by atoms with Gasteiger partial charge in [0.2, 0.25) is 0 Å². The van der Waals surface area contributed by atoms with Gasteiger partial charge in [-0.25, -0.2) is 0 Å². The molecule has 1 aromatic carbocycles. The molecule has 0 aliphatic rings. The van der Waals surface area contributed by atoms with Gasteiger partial charge < -0.3 is 11.1 Å². The SMILES string of the molecule is CSS(=O)(=O)OCCNc1ccc(N)cc1C. The standard InChI is InChI=1S/C10H16N2O3S2/c1-8-7-9(11)3-4-10(8)12-5-6-15-17(13,14)16-2/h3-4,7,12H,5-6,11H2,1-2H3. The lowest BCUT2D eigenvalue weighted by Crippen LogP contribution is -2.12. The Hall–Kier alpha value is -0.920. The summed E-state index contributed by atoms with van der Waals surface area (Å²) >= 11 is 0. The van der Waals surface area contributed by atoms with Crippen molar-refractivity contribution in [1.29, 1.82) is 0 Å². The fourth-order valence-electron chi connectivity index (χ4n) is 1.26. The zero-order valence-corrected chi connectivity index (χ0v) is 11.4. The Balaban J connectivity index is 2.41. The van der Waals surface area contributed by atoms with Gasteiger partial charge in [-0.3, -0.25) is 4.18 Å². The molecule has 0 aliphatic heterocycles. The minimum atomic E-state index is -3.43. The minimum absolute atomic E-state index is 0.104. The Morgan fingerprint density at radius 3 is 2.76 bits per heavy atom. The summed E-state index contributed by atoms with van der Waals surface area (Å²) in [4.78, 5) is 0. The van der Waals surface area contributed by atoms with Crippen molar-refractivity contribution in [3.05, 3.63) is 23.8 Å². The first-order valence-corrected chi connectivity index (χ1v) is 8.14. The molecule has 0 heterocycles. The number of nitrogens with two attached hydrogens (primary N) is 1. The van der Waals surface area contributed by atoms with E-state index in [0.717, 1.165) is 11.3 Å². The molecule has 0 saturated carbocycles. The molecule has 0 spiro atoms. The van der Waals surface area contributed by atoms with Crippen molar-refractivity contribution in [1.82, 2.24) is 0 Å². The Labute approximate surface area is 105 Å². The van der Waals surface area contributed by atoms with Crippen LogP contribution in [0.15, 0.2) is 18.2 Å². The Morgan fingerprint density at radius 1 is 1.47 bits per heavy atom. The number of rotatable bonds is 6. The summed E-state index contributed by atoms with van der Waals surface area (Å²) in [7, 11) is -2.75. The number of benzene rings is 1. The first-order valence-electron chi connectivity index (χ1n) is 4.99. The summed E-state index contributed by atoms with van der Waals surface area (Å²) < 4.78 is 26.7. The lowest BCUT2D eigenvalue weighted by molar-refractivity contribution is 0.343. The maximum atomic E-state index is 11.0. The van der Waals surface area contributed by atoms with Crippen LogP contribution in [0.3, 0.4) is 0 Å². The highest BCUT2D eigenvalue weighted by Gasteiger charge is 2.07. The van der Waals surface area contributed by atoms with Crippen LogP contribution in [0.2, 0.25) is 0 Å². The van der Waals surface area contributed by atoms with Crippen molar-refractivity contribution in [2.24, 2.45) is 0 Å². The van der Waals surface area contributed by atoms with E-state index in [9.17, 15) is 8.42 Å².